The van der Waals surface area contributed by atoms with Crippen LogP contribution in [0.5, 0.6) is 0 Å². The highest BCUT2D eigenvalue weighted by atomic mass is 14.8. The summed E-state index contributed by atoms with van der Waals surface area (Å²) in [7, 11) is 0. The van der Waals surface area contributed by atoms with E-state index in [0.29, 0.717) is 5.41 Å². The van der Waals surface area contributed by atoms with Gasteiger partial charge in [-0.15, -0.1) is 0 Å². The molecule has 2 rings (SSSR count). The highest BCUT2D eigenvalue weighted by molar-refractivity contribution is 5.92. The van der Waals surface area contributed by atoms with Crippen LogP contribution in [0.4, 0.5) is 0 Å². The summed E-state index contributed by atoms with van der Waals surface area (Å²) in [6.45, 7) is 3.43. The van der Waals surface area contributed by atoms with Gasteiger partial charge in [-0.3, -0.25) is 4.99 Å². The Labute approximate surface area is 68.9 Å². The van der Waals surface area contributed by atoms with E-state index in [1.807, 2.05) is 0 Å². The van der Waals surface area contributed by atoms with Crippen molar-refractivity contribution in [3.63, 3.8) is 0 Å². The Kier molecular flexibility index (Phi) is 1.74. The molecule has 1 saturated carbocycles. The van der Waals surface area contributed by atoms with Gasteiger partial charge >= 0.3 is 0 Å². The standard InChI is InChI=1S/C10H17N/c1-2-10-6-3-5-9(10)11-8-4-7-10/h2-8H2,1H3/t10-/m0/s1. The molecule has 62 valence electrons. The molecule has 1 aliphatic heterocycles. The lowest BCUT2D eigenvalue weighted by Crippen LogP contribution is -2.28. The van der Waals surface area contributed by atoms with Crippen LogP contribution in [0.2, 0.25) is 0 Å². The molecule has 1 fully saturated rings. The lowest BCUT2D eigenvalue weighted by molar-refractivity contribution is 0.345. The van der Waals surface area contributed by atoms with E-state index in [4.69, 9.17) is 0 Å². The van der Waals surface area contributed by atoms with Gasteiger partial charge in [-0.25, -0.2) is 0 Å². The van der Waals surface area contributed by atoms with Crippen molar-refractivity contribution in [3.8, 4) is 0 Å². The lowest BCUT2D eigenvalue weighted by Gasteiger charge is -2.31. The predicted octanol–water partition coefficient (Wildman–Crippen LogP) is 2.80. The number of fused-ring (bicyclic) bond motifs is 1. The molecule has 1 nitrogen and oxygen atoms in total. The van der Waals surface area contributed by atoms with Gasteiger partial charge in [0.05, 0.1) is 0 Å². The Morgan fingerprint density at radius 3 is 2.91 bits per heavy atom. The SMILES string of the molecule is CC[C@]12CCCN=C1CCC2. The summed E-state index contributed by atoms with van der Waals surface area (Å²) in [5.74, 6) is 0. The maximum atomic E-state index is 4.65. The maximum absolute atomic E-state index is 4.65. The van der Waals surface area contributed by atoms with Gasteiger partial charge in [0.1, 0.15) is 0 Å². The molecule has 1 heteroatoms. The summed E-state index contributed by atoms with van der Waals surface area (Å²) in [5, 5.41) is 0. The molecule has 2 aliphatic rings. The molecule has 0 radical (unpaired) electrons. The van der Waals surface area contributed by atoms with Crippen LogP contribution in [0.15, 0.2) is 4.99 Å². The summed E-state index contributed by atoms with van der Waals surface area (Å²) in [6.07, 6.45) is 8.19. The van der Waals surface area contributed by atoms with Crippen LogP contribution in [0.25, 0.3) is 0 Å². The molecule has 0 N–H and O–H groups in total. The van der Waals surface area contributed by atoms with Gasteiger partial charge < -0.3 is 0 Å². The Hall–Kier alpha value is -0.330. The Balaban J connectivity index is 2.27. The van der Waals surface area contributed by atoms with Crippen LogP contribution < -0.4 is 0 Å². The van der Waals surface area contributed by atoms with Gasteiger partial charge in [0.15, 0.2) is 0 Å². The van der Waals surface area contributed by atoms with Gasteiger partial charge in [-0.05, 0) is 38.5 Å². The third-order valence-electron chi connectivity index (χ3n) is 3.47. The molecule has 1 heterocycles. The van der Waals surface area contributed by atoms with E-state index < -0.39 is 0 Å². The van der Waals surface area contributed by atoms with Gasteiger partial charge in [-0.1, -0.05) is 6.92 Å². The summed E-state index contributed by atoms with van der Waals surface area (Å²) in [5.41, 5.74) is 2.14. The van der Waals surface area contributed by atoms with E-state index >= 15 is 0 Å². The molecule has 0 bridgehead atoms. The smallest absolute Gasteiger partial charge is 0.0389 e. The van der Waals surface area contributed by atoms with Crippen LogP contribution in [0.3, 0.4) is 0 Å². The minimum absolute atomic E-state index is 0.582. The van der Waals surface area contributed by atoms with Crippen molar-refractivity contribution >= 4 is 5.71 Å². The maximum Gasteiger partial charge on any atom is 0.0389 e. The number of hydrogen-bond donors (Lipinski definition) is 0. The van der Waals surface area contributed by atoms with Crippen molar-refractivity contribution in [2.75, 3.05) is 6.54 Å². The minimum Gasteiger partial charge on any atom is -0.294 e. The van der Waals surface area contributed by atoms with Crippen LogP contribution in [0.1, 0.15) is 45.4 Å². The normalized spacial score (nSPS) is 36.6. The summed E-state index contributed by atoms with van der Waals surface area (Å²) in [4.78, 5) is 4.65. The number of hydrogen-bond acceptors (Lipinski definition) is 1. The van der Waals surface area contributed by atoms with E-state index in [1.165, 1.54) is 38.5 Å². The zero-order valence-electron chi connectivity index (χ0n) is 7.40. The molecule has 0 spiro atoms. The number of aliphatic imine (C=N–C) groups is 1. The van der Waals surface area contributed by atoms with Crippen molar-refractivity contribution in [3.05, 3.63) is 0 Å². The molecule has 0 unspecified atom stereocenters. The first-order chi connectivity index (χ1) is 5.37. The molecular formula is C10H17N. The fourth-order valence-electron chi connectivity index (χ4n) is 2.71. The van der Waals surface area contributed by atoms with E-state index in [1.54, 1.807) is 5.71 Å². The molecule has 0 aromatic rings. The van der Waals surface area contributed by atoms with E-state index in [9.17, 15) is 0 Å². The van der Waals surface area contributed by atoms with Crippen molar-refractivity contribution < 1.29 is 0 Å². The summed E-state index contributed by atoms with van der Waals surface area (Å²) in [6, 6.07) is 0. The van der Waals surface area contributed by atoms with Crippen molar-refractivity contribution in [1.29, 1.82) is 0 Å². The van der Waals surface area contributed by atoms with E-state index in [2.05, 4.69) is 11.9 Å². The Morgan fingerprint density at radius 1 is 1.36 bits per heavy atom. The van der Waals surface area contributed by atoms with Gasteiger partial charge in [-0.2, -0.15) is 0 Å². The molecule has 1 aliphatic carbocycles. The minimum atomic E-state index is 0.582. The van der Waals surface area contributed by atoms with Crippen molar-refractivity contribution in [2.45, 2.75) is 45.4 Å². The molecule has 1 atom stereocenters. The average Bonchev–Trinajstić information content (AvgIpc) is 2.48. The monoisotopic (exact) mass is 151 g/mol. The van der Waals surface area contributed by atoms with Crippen LogP contribution in [-0.2, 0) is 0 Å². The Morgan fingerprint density at radius 2 is 2.18 bits per heavy atom. The number of nitrogens with zero attached hydrogens (tertiary/aromatic N) is 1. The molecule has 0 saturated heterocycles. The second kappa shape index (κ2) is 2.62. The third kappa shape index (κ3) is 1.02. The van der Waals surface area contributed by atoms with E-state index in [-0.39, 0.29) is 0 Å². The molecule has 11 heavy (non-hydrogen) atoms. The first-order valence-corrected chi connectivity index (χ1v) is 4.91. The second-order valence-electron chi connectivity index (χ2n) is 3.92. The Bertz CT molecular complexity index is 183. The first kappa shape index (κ1) is 7.33. The molecule has 0 aromatic carbocycles. The van der Waals surface area contributed by atoms with Crippen LogP contribution in [0, 0.1) is 5.41 Å². The van der Waals surface area contributed by atoms with Crippen LogP contribution >= 0.6 is 0 Å². The van der Waals surface area contributed by atoms with Gasteiger partial charge in [0, 0.05) is 17.7 Å². The molecule has 0 aromatic heterocycles. The highest BCUT2D eigenvalue weighted by Gasteiger charge is 2.38. The second-order valence-corrected chi connectivity index (χ2v) is 3.92. The summed E-state index contributed by atoms with van der Waals surface area (Å²) < 4.78 is 0. The van der Waals surface area contributed by atoms with Crippen LogP contribution in [-0.4, -0.2) is 12.3 Å². The molecule has 0 amide bonds. The highest BCUT2D eigenvalue weighted by Crippen LogP contribution is 2.44. The first-order valence-electron chi connectivity index (χ1n) is 4.91. The molecular weight excluding hydrogens is 134 g/mol. The fraction of sp³-hybridized carbons (Fsp3) is 0.900. The van der Waals surface area contributed by atoms with Gasteiger partial charge in [0.25, 0.3) is 0 Å². The summed E-state index contributed by atoms with van der Waals surface area (Å²) >= 11 is 0. The fourth-order valence-corrected chi connectivity index (χ4v) is 2.71. The topological polar surface area (TPSA) is 12.4 Å². The third-order valence-corrected chi connectivity index (χ3v) is 3.47. The van der Waals surface area contributed by atoms with Crippen molar-refractivity contribution in [2.24, 2.45) is 10.4 Å². The largest absolute Gasteiger partial charge is 0.294 e. The predicted molar refractivity (Wildman–Crippen MR) is 48.1 cm³/mol. The lowest BCUT2D eigenvalue weighted by atomic mass is 9.76. The van der Waals surface area contributed by atoms with E-state index in [0.717, 1.165) is 6.54 Å². The van der Waals surface area contributed by atoms with Gasteiger partial charge in [0.2, 0.25) is 0 Å². The van der Waals surface area contributed by atoms with Crippen molar-refractivity contribution in [1.82, 2.24) is 0 Å². The number of rotatable bonds is 1. The zero-order chi connectivity index (χ0) is 7.73. The average molecular weight is 151 g/mol. The zero-order valence-corrected chi connectivity index (χ0v) is 7.40. The quantitative estimate of drug-likeness (QED) is 0.546.